The van der Waals surface area contributed by atoms with E-state index in [-0.39, 0.29) is 22.7 Å². The van der Waals surface area contributed by atoms with Gasteiger partial charge in [0.25, 0.3) is 0 Å². The van der Waals surface area contributed by atoms with Crippen LogP contribution >= 0.6 is 15.9 Å². The summed E-state index contributed by atoms with van der Waals surface area (Å²) in [5.41, 5.74) is 2.71. The van der Waals surface area contributed by atoms with Gasteiger partial charge in [-0.1, -0.05) is 26.8 Å². The molecule has 1 fully saturated rings. The summed E-state index contributed by atoms with van der Waals surface area (Å²) in [6.45, 7) is 13.3. The number of imidazole rings is 1. The largest absolute Gasteiger partial charge is 0.412 e. The molecule has 2 aromatic heterocycles. The van der Waals surface area contributed by atoms with Crippen LogP contribution in [0.5, 0.6) is 0 Å². The minimum absolute atomic E-state index is 0.00573. The molecule has 2 unspecified atom stereocenters. The number of fused-ring (bicyclic) bond motifs is 1. The Morgan fingerprint density at radius 3 is 2.75 bits per heavy atom. The Hall–Kier alpha value is -1.22. The smallest absolute Gasteiger partial charge is 0.334 e. The fourth-order valence-electron chi connectivity index (χ4n) is 4.50. The molecule has 1 saturated heterocycles. The van der Waals surface area contributed by atoms with Crippen molar-refractivity contribution in [3.8, 4) is 0 Å². The Morgan fingerprint density at radius 1 is 1.28 bits per heavy atom. The van der Waals surface area contributed by atoms with E-state index in [1.165, 1.54) is 6.42 Å². The predicted molar refractivity (Wildman–Crippen MR) is 135 cm³/mol. The third kappa shape index (κ3) is 4.83. The van der Waals surface area contributed by atoms with E-state index in [4.69, 9.17) is 9.16 Å². The number of hydrogen-bond donors (Lipinski definition) is 0. The van der Waals surface area contributed by atoms with Crippen molar-refractivity contribution >= 4 is 41.1 Å². The lowest BCUT2D eigenvalue weighted by atomic mass is 10.0. The van der Waals surface area contributed by atoms with Crippen LogP contribution < -0.4 is 5.69 Å². The first-order chi connectivity index (χ1) is 15.1. The second-order valence-corrected chi connectivity index (χ2v) is 16.5. The van der Waals surface area contributed by atoms with Crippen molar-refractivity contribution in [3.05, 3.63) is 33.3 Å². The van der Waals surface area contributed by atoms with Crippen molar-refractivity contribution in [1.82, 2.24) is 14.1 Å². The van der Waals surface area contributed by atoms with Crippen molar-refractivity contribution in [2.24, 2.45) is 5.92 Å². The molecular formula is C24H36BrN3O3Si. The van der Waals surface area contributed by atoms with Gasteiger partial charge in [0.15, 0.2) is 14.0 Å². The molecule has 0 amide bonds. The summed E-state index contributed by atoms with van der Waals surface area (Å²) in [6.07, 6.45) is 9.22. The van der Waals surface area contributed by atoms with Crippen LogP contribution in [0.1, 0.15) is 52.9 Å². The van der Waals surface area contributed by atoms with Gasteiger partial charge in [-0.15, -0.1) is 0 Å². The van der Waals surface area contributed by atoms with Crippen molar-refractivity contribution < 1.29 is 9.16 Å². The molecule has 0 aromatic carbocycles. The fourth-order valence-corrected chi connectivity index (χ4v) is 6.17. The molecule has 0 spiro atoms. The van der Waals surface area contributed by atoms with Gasteiger partial charge in [0.05, 0.1) is 24.8 Å². The number of nitrogens with zero attached hydrogens (tertiary/aromatic N) is 3. The summed E-state index contributed by atoms with van der Waals surface area (Å²) >= 11 is 3.54. The Kier molecular flexibility index (Phi) is 6.88. The molecule has 2 atom stereocenters. The lowest BCUT2D eigenvalue weighted by Gasteiger charge is -2.41. The number of pyridine rings is 1. The zero-order chi connectivity index (χ0) is 23.1. The van der Waals surface area contributed by atoms with E-state index in [2.05, 4.69) is 60.9 Å². The van der Waals surface area contributed by atoms with Crippen LogP contribution in [0.15, 0.2) is 27.6 Å². The van der Waals surface area contributed by atoms with E-state index in [9.17, 15) is 4.79 Å². The van der Waals surface area contributed by atoms with Gasteiger partial charge in [0, 0.05) is 28.8 Å². The Morgan fingerprint density at radius 2 is 2.06 bits per heavy atom. The highest BCUT2D eigenvalue weighted by Gasteiger charge is 2.40. The zero-order valence-electron chi connectivity index (χ0n) is 20.0. The normalized spacial score (nSPS) is 22.9. The summed E-state index contributed by atoms with van der Waals surface area (Å²) in [6, 6.07) is 2.01. The van der Waals surface area contributed by atoms with E-state index >= 15 is 0 Å². The molecule has 6 nitrogen and oxygen atoms in total. The summed E-state index contributed by atoms with van der Waals surface area (Å²) < 4.78 is 17.2. The molecule has 0 N–H and O–H groups in total. The third-order valence-electron chi connectivity index (χ3n) is 7.25. The fraction of sp³-hybridized carbons (Fsp3) is 0.667. The maximum absolute atomic E-state index is 13.6. The molecule has 0 saturated carbocycles. The van der Waals surface area contributed by atoms with Crippen LogP contribution in [0.4, 0.5) is 0 Å². The monoisotopic (exact) mass is 521 g/mol. The summed E-state index contributed by atoms with van der Waals surface area (Å²) in [7, 11) is -1.87. The van der Waals surface area contributed by atoms with Gasteiger partial charge >= 0.3 is 5.69 Å². The van der Waals surface area contributed by atoms with Gasteiger partial charge in [0.2, 0.25) is 0 Å². The first-order valence-corrected chi connectivity index (χ1v) is 15.5. The number of aromatic nitrogens is 3. The second kappa shape index (κ2) is 9.20. The van der Waals surface area contributed by atoms with Crippen molar-refractivity contribution in [1.29, 1.82) is 0 Å². The van der Waals surface area contributed by atoms with E-state index in [0.29, 0.717) is 19.8 Å². The summed E-state index contributed by atoms with van der Waals surface area (Å²) in [5.74, 6) is 0.231. The number of hydrogen-bond acceptors (Lipinski definition) is 4. The average Bonchev–Trinajstić information content (AvgIpc) is 2.99. The Balaban J connectivity index is 1.62. The van der Waals surface area contributed by atoms with Crippen LogP contribution in [0.3, 0.4) is 0 Å². The maximum Gasteiger partial charge on any atom is 0.334 e. The molecule has 0 radical (unpaired) electrons. The minimum atomic E-state index is -1.87. The van der Waals surface area contributed by atoms with Gasteiger partial charge in [-0.2, -0.15) is 0 Å². The molecule has 1 aliphatic carbocycles. The van der Waals surface area contributed by atoms with Crippen molar-refractivity contribution in [3.63, 3.8) is 0 Å². The van der Waals surface area contributed by atoms with Crippen LogP contribution in [0, 0.1) is 5.92 Å². The minimum Gasteiger partial charge on any atom is -0.412 e. The highest BCUT2D eigenvalue weighted by Crippen LogP contribution is 2.38. The molecule has 176 valence electrons. The quantitative estimate of drug-likeness (QED) is 0.466. The Labute approximate surface area is 200 Å². The lowest BCUT2D eigenvalue weighted by molar-refractivity contribution is -0.0338. The topological polar surface area (TPSA) is 58.3 Å². The van der Waals surface area contributed by atoms with E-state index in [1.54, 1.807) is 6.20 Å². The molecule has 4 rings (SSSR count). The molecule has 3 heterocycles. The molecule has 2 aromatic rings. The van der Waals surface area contributed by atoms with Crippen molar-refractivity contribution in [2.75, 3.05) is 13.2 Å². The van der Waals surface area contributed by atoms with E-state index < -0.39 is 8.32 Å². The van der Waals surface area contributed by atoms with Crippen LogP contribution in [0.2, 0.25) is 18.1 Å². The van der Waals surface area contributed by atoms with Gasteiger partial charge in [-0.3, -0.25) is 4.57 Å². The number of allylic oxidation sites excluding steroid dienone is 2. The number of rotatable bonds is 5. The molecule has 0 bridgehead atoms. The van der Waals surface area contributed by atoms with Crippen LogP contribution in [0.25, 0.3) is 16.9 Å². The highest BCUT2D eigenvalue weighted by atomic mass is 79.9. The zero-order valence-corrected chi connectivity index (χ0v) is 22.6. The van der Waals surface area contributed by atoms with Gasteiger partial charge in [-0.05, 0) is 72.2 Å². The van der Waals surface area contributed by atoms with Gasteiger partial charge in [-0.25, -0.2) is 14.3 Å². The second-order valence-electron chi connectivity index (χ2n) is 10.8. The molecule has 1 aliphatic heterocycles. The predicted octanol–water partition coefficient (Wildman–Crippen LogP) is 5.80. The lowest BCUT2D eigenvalue weighted by Crippen LogP contribution is -2.47. The average molecular weight is 523 g/mol. The highest BCUT2D eigenvalue weighted by molar-refractivity contribution is 9.10. The number of ether oxygens (including phenoxy) is 1. The summed E-state index contributed by atoms with van der Waals surface area (Å²) in [4.78, 5) is 18.2. The maximum atomic E-state index is 13.6. The SMILES string of the molecule is CC(C)(C)[Si](C)(C)OC1COCC(Cn2c(=O)n(C3=CCCCC3)c3ncc(Br)cc32)C1. The van der Waals surface area contributed by atoms with Gasteiger partial charge in [0.1, 0.15) is 0 Å². The summed E-state index contributed by atoms with van der Waals surface area (Å²) in [5, 5.41) is 0.163. The molecule has 32 heavy (non-hydrogen) atoms. The van der Waals surface area contributed by atoms with Crippen LogP contribution in [-0.4, -0.2) is 41.8 Å². The van der Waals surface area contributed by atoms with Crippen molar-refractivity contribution in [2.45, 2.75) is 83.7 Å². The Bertz CT molecular complexity index is 1070. The van der Waals surface area contributed by atoms with E-state index in [0.717, 1.165) is 47.0 Å². The molecule has 2 aliphatic rings. The first-order valence-electron chi connectivity index (χ1n) is 11.8. The molecule has 8 heteroatoms. The van der Waals surface area contributed by atoms with Gasteiger partial charge < -0.3 is 9.16 Å². The number of halogens is 1. The first kappa shape index (κ1) is 23.9. The molecular weight excluding hydrogens is 486 g/mol. The van der Waals surface area contributed by atoms with Crippen LogP contribution in [-0.2, 0) is 15.7 Å². The third-order valence-corrected chi connectivity index (χ3v) is 12.2. The van der Waals surface area contributed by atoms with E-state index in [1.807, 2.05) is 15.2 Å². The standard InChI is InChI=1S/C24H36BrN3O3Si/c1-24(2,3)32(4,5)31-20-11-17(15-30-16-20)14-27-21-12-18(25)13-26-22(21)28(23(27)29)19-9-7-6-8-10-19/h9,12-13,17,20H,6-8,10-11,14-16H2,1-5H3.